The normalized spacial score (nSPS) is 11.6. The van der Waals surface area contributed by atoms with Gasteiger partial charge in [0.15, 0.2) is 0 Å². The molecule has 0 aliphatic heterocycles. The lowest BCUT2D eigenvalue weighted by Crippen LogP contribution is -2.10. The van der Waals surface area contributed by atoms with Crippen LogP contribution in [-0.2, 0) is 6.18 Å². The Kier molecular flexibility index (Phi) is 5.18. The Bertz CT molecular complexity index is 363. The van der Waals surface area contributed by atoms with E-state index in [0.29, 0.717) is 12.2 Å². The van der Waals surface area contributed by atoms with Gasteiger partial charge in [-0.2, -0.15) is 24.9 Å². The summed E-state index contributed by atoms with van der Waals surface area (Å²) < 4.78 is 37.9. The van der Waals surface area contributed by atoms with E-state index in [2.05, 4.69) is 12.2 Å². The van der Waals surface area contributed by atoms with Crippen LogP contribution < -0.4 is 5.32 Å². The van der Waals surface area contributed by atoms with Gasteiger partial charge < -0.3 is 5.32 Å². The molecule has 1 nitrogen and oxygen atoms in total. The number of hydrogen-bond acceptors (Lipinski definition) is 2. The zero-order valence-electron chi connectivity index (χ0n) is 9.90. The maximum atomic E-state index is 12.6. The number of hydrogen-bond donors (Lipinski definition) is 1. The number of halogens is 3. The van der Waals surface area contributed by atoms with Gasteiger partial charge in [-0.1, -0.05) is 13.0 Å². The lowest BCUT2D eigenvalue weighted by atomic mass is 10.1. The molecular formula is C12H16F3NS. The van der Waals surface area contributed by atoms with Gasteiger partial charge in [-0.25, -0.2) is 0 Å². The molecule has 0 saturated heterocycles. The van der Waals surface area contributed by atoms with E-state index in [0.717, 1.165) is 11.5 Å². The van der Waals surface area contributed by atoms with Gasteiger partial charge >= 0.3 is 6.18 Å². The molecule has 1 rings (SSSR count). The van der Waals surface area contributed by atoms with Crippen LogP contribution in [0.4, 0.5) is 18.9 Å². The van der Waals surface area contributed by atoms with E-state index in [1.165, 1.54) is 19.1 Å². The average molecular weight is 263 g/mol. The maximum absolute atomic E-state index is 12.6. The van der Waals surface area contributed by atoms with E-state index in [4.69, 9.17) is 0 Å². The molecule has 0 aliphatic rings. The molecule has 0 radical (unpaired) electrons. The highest BCUT2D eigenvalue weighted by Gasteiger charge is 2.32. The Morgan fingerprint density at radius 2 is 2.00 bits per heavy atom. The molecule has 1 aromatic carbocycles. The van der Waals surface area contributed by atoms with Gasteiger partial charge in [0.1, 0.15) is 0 Å². The van der Waals surface area contributed by atoms with Crippen LogP contribution in [0, 0.1) is 6.92 Å². The van der Waals surface area contributed by atoms with Crippen molar-refractivity contribution in [3.8, 4) is 0 Å². The van der Waals surface area contributed by atoms with Crippen LogP contribution in [0.3, 0.4) is 0 Å². The maximum Gasteiger partial charge on any atom is 0.416 e. The van der Waals surface area contributed by atoms with Crippen molar-refractivity contribution in [2.24, 2.45) is 0 Å². The van der Waals surface area contributed by atoms with Gasteiger partial charge in [0.25, 0.3) is 0 Å². The molecule has 0 atom stereocenters. The predicted molar refractivity (Wildman–Crippen MR) is 67.7 cm³/mol. The molecule has 0 unspecified atom stereocenters. The first-order chi connectivity index (χ1) is 7.95. The monoisotopic (exact) mass is 263 g/mol. The fraction of sp³-hybridized carbons (Fsp3) is 0.500. The van der Waals surface area contributed by atoms with Gasteiger partial charge in [0, 0.05) is 18.0 Å². The number of nitrogens with one attached hydrogen (secondary N) is 1. The summed E-state index contributed by atoms with van der Waals surface area (Å²) in [6.45, 7) is 4.21. The highest BCUT2D eigenvalue weighted by molar-refractivity contribution is 7.99. The summed E-state index contributed by atoms with van der Waals surface area (Å²) in [5.41, 5.74) is 0.219. The average Bonchev–Trinajstić information content (AvgIpc) is 2.25. The zero-order valence-corrected chi connectivity index (χ0v) is 10.7. The fourth-order valence-corrected chi connectivity index (χ4v) is 1.98. The summed E-state index contributed by atoms with van der Waals surface area (Å²) in [6.07, 6.45) is -4.28. The molecule has 5 heteroatoms. The molecule has 0 bridgehead atoms. The molecule has 0 amide bonds. The van der Waals surface area contributed by atoms with Crippen LogP contribution in [-0.4, -0.2) is 18.1 Å². The molecule has 0 heterocycles. The summed E-state index contributed by atoms with van der Waals surface area (Å²) in [5.74, 6) is 1.91. The Hall–Kier alpha value is -0.840. The van der Waals surface area contributed by atoms with Crippen LogP contribution in [0.25, 0.3) is 0 Å². The van der Waals surface area contributed by atoms with Crippen LogP contribution in [0.5, 0.6) is 0 Å². The van der Waals surface area contributed by atoms with Crippen molar-refractivity contribution in [2.75, 3.05) is 23.4 Å². The summed E-state index contributed by atoms with van der Waals surface area (Å²) in [6, 6.07) is 4.35. The summed E-state index contributed by atoms with van der Waals surface area (Å²) >= 11 is 1.76. The van der Waals surface area contributed by atoms with Crippen LogP contribution in [0.1, 0.15) is 18.1 Å². The van der Waals surface area contributed by atoms with E-state index in [-0.39, 0.29) is 5.56 Å². The van der Waals surface area contributed by atoms with Crippen molar-refractivity contribution in [3.63, 3.8) is 0 Å². The minimum absolute atomic E-state index is 0.256. The number of alkyl halides is 3. The summed E-state index contributed by atoms with van der Waals surface area (Å²) in [5, 5.41) is 3.00. The smallest absolute Gasteiger partial charge is 0.384 e. The van der Waals surface area contributed by atoms with Gasteiger partial charge in [-0.15, -0.1) is 0 Å². The number of anilines is 1. The van der Waals surface area contributed by atoms with Crippen molar-refractivity contribution in [2.45, 2.75) is 20.0 Å². The lowest BCUT2D eigenvalue weighted by Gasteiger charge is -2.13. The zero-order chi connectivity index (χ0) is 12.9. The third-order valence-corrected chi connectivity index (χ3v) is 3.22. The van der Waals surface area contributed by atoms with Crippen molar-refractivity contribution < 1.29 is 13.2 Å². The number of thioether (sulfide) groups is 1. The minimum Gasteiger partial charge on any atom is -0.384 e. The summed E-state index contributed by atoms with van der Waals surface area (Å²) in [4.78, 5) is 0. The standard InChI is InChI=1S/C12H16F3NS/c1-3-17-7-6-16-10-5-4-9(2)11(8-10)12(13,14)15/h4-5,8,16H,3,6-7H2,1-2H3. The molecule has 96 valence electrons. The molecule has 0 aromatic heterocycles. The van der Waals surface area contributed by atoms with E-state index >= 15 is 0 Å². The van der Waals surface area contributed by atoms with E-state index in [9.17, 15) is 13.2 Å². The van der Waals surface area contributed by atoms with E-state index in [1.807, 2.05) is 0 Å². The van der Waals surface area contributed by atoms with Crippen molar-refractivity contribution in [1.82, 2.24) is 0 Å². The molecule has 0 aliphatic carbocycles. The molecule has 1 N–H and O–H groups in total. The van der Waals surface area contributed by atoms with Crippen LogP contribution in [0.2, 0.25) is 0 Å². The number of rotatable bonds is 5. The Balaban J connectivity index is 2.69. The molecule has 17 heavy (non-hydrogen) atoms. The first-order valence-electron chi connectivity index (χ1n) is 5.44. The number of aryl methyl sites for hydroxylation is 1. The molecule has 0 saturated carbocycles. The van der Waals surface area contributed by atoms with Gasteiger partial charge in [0.05, 0.1) is 5.56 Å². The second-order valence-electron chi connectivity index (χ2n) is 3.65. The Morgan fingerprint density at radius 3 is 2.59 bits per heavy atom. The van der Waals surface area contributed by atoms with Crippen LogP contribution in [0.15, 0.2) is 18.2 Å². The Morgan fingerprint density at radius 1 is 1.29 bits per heavy atom. The highest BCUT2D eigenvalue weighted by atomic mass is 32.2. The van der Waals surface area contributed by atoms with Gasteiger partial charge in [-0.05, 0) is 30.4 Å². The van der Waals surface area contributed by atoms with Crippen LogP contribution >= 0.6 is 11.8 Å². The molecule has 1 aromatic rings. The second kappa shape index (κ2) is 6.19. The second-order valence-corrected chi connectivity index (χ2v) is 5.05. The Labute approximate surface area is 104 Å². The third kappa shape index (κ3) is 4.50. The topological polar surface area (TPSA) is 12.0 Å². The highest BCUT2D eigenvalue weighted by Crippen LogP contribution is 2.33. The van der Waals surface area contributed by atoms with E-state index < -0.39 is 11.7 Å². The van der Waals surface area contributed by atoms with Crippen molar-refractivity contribution in [3.05, 3.63) is 29.3 Å². The predicted octanol–water partition coefficient (Wildman–Crippen LogP) is 4.18. The number of benzene rings is 1. The first-order valence-corrected chi connectivity index (χ1v) is 6.60. The first kappa shape index (κ1) is 14.2. The largest absolute Gasteiger partial charge is 0.416 e. The van der Waals surface area contributed by atoms with Gasteiger partial charge in [-0.3, -0.25) is 0 Å². The fourth-order valence-electron chi connectivity index (χ4n) is 1.45. The minimum atomic E-state index is -4.28. The van der Waals surface area contributed by atoms with E-state index in [1.54, 1.807) is 17.8 Å². The SMILES string of the molecule is CCSCCNc1ccc(C)c(C(F)(F)F)c1. The molecular weight excluding hydrogens is 247 g/mol. The third-order valence-electron chi connectivity index (χ3n) is 2.32. The quantitative estimate of drug-likeness (QED) is 0.800. The van der Waals surface area contributed by atoms with Gasteiger partial charge in [0.2, 0.25) is 0 Å². The summed E-state index contributed by atoms with van der Waals surface area (Å²) in [7, 11) is 0. The molecule has 0 spiro atoms. The lowest BCUT2D eigenvalue weighted by molar-refractivity contribution is -0.138. The van der Waals surface area contributed by atoms with Crippen molar-refractivity contribution in [1.29, 1.82) is 0 Å². The van der Waals surface area contributed by atoms with Crippen molar-refractivity contribution >= 4 is 17.4 Å². The molecule has 0 fully saturated rings.